The molecule has 0 aliphatic heterocycles. The first kappa shape index (κ1) is 16.3. The Balaban J connectivity index is 2.67. The average Bonchev–Trinajstić information content (AvgIpc) is 2.38. The van der Waals surface area contributed by atoms with Gasteiger partial charge in [-0.2, -0.15) is 0 Å². The Hall–Kier alpha value is -1.72. The van der Waals surface area contributed by atoms with Gasteiger partial charge in [-0.05, 0) is 40.0 Å². The number of nitrogens with zero attached hydrogens (tertiary/aromatic N) is 1. The van der Waals surface area contributed by atoms with Crippen LogP contribution in [0.5, 0.6) is 0 Å². The molecule has 0 fully saturated rings. The largest absolute Gasteiger partial charge is 0.394 e. The number of carbonyl (C=O) groups is 2. The Bertz CT molecular complexity index is 498. The first-order valence-corrected chi connectivity index (χ1v) is 6.49. The summed E-state index contributed by atoms with van der Waals surface area (Å²) in [5.74, 6) is -0.227. The summed E-state index contributed by atoms with van der Waals surface area (Å²) in [5, 5.41) is 12.0. The summed E-state index contributed by atoms with van der Waals surface area (Å²) in [6, 6.07) is 6.83. The zero-order valence-electron chi connectivity index (χ0n) is 12.4. The standard InChI is InChI=1S/C15H22N2O3/c1-11(19)12-6-5-7-13(8-12)16-14(20)9-17(4)15(2,3)10-18/h5-8,18H,9-10H2,1-4H3,(H,16,20). The Morgan fingerprint density at radius 1 is 1.35 bits per heavy atom. The van der Waals surface area contributed by atoms with E-state index in [1.165, 1.54) is 6.92 Å². The highest BCUT2D eigenvalue weighted by atomic mass is 16.3. The number of anilines is 1. The average molecular weight is 278 g/mol. The van der Waals surface area contributed by atoms with E-state index in [1.54, 1.807) is 36.2 Å². The highest BCUT2D eigenvalue weighted by Crippen LogP contribution is 2.13. The van der Waals surface area contributed by atoms with Gasteiger partial charge in [-0.25, -0.2) is 0 Å². The lowest BCUT2D eigenvalue weighted by Gasteiger charge is -2.33. The number of carbonyl (C=O) groups excluding carboxylic acids is 2. The van der Waals surface area contributed by atoms with Gasteiger partial charge in [0.25, 0.3) is 0 Å². The van der Waals surface area contributed by atoms with E-state index in [2.05, 4.69) is 5.32 Å². The molecule has 0 aromatic heterocycles. The maximum absolute atomic E-state index is 11.9. The second kappa shape index (κ2) is 6.63. The van der Waals surface area contributed by atoms with Crippen LogP contribution in [-0.4, -0.2) is 47.4 Å². The second-order valence-electron chi connectivity index (χ2n) is 5.51. The first-order chi connectivity index (χ1) is 9.26. The fourth-order valence-corrected chi connectivity index (χ4v) is 1.57. The van der Waals surface area contributed by atoms with Crippen molar-refractivity contribution in [1.82, 2.24) is 4.90 Å². The molecule has 0 aliphatic rings. The number of nitrogens with one attached hydrogen (secondary N) is 1. The van der Waals surface area contributed by atoms with Crippen molar-refractivity contribution >= 4 is 17.4 Å². The molecule has 0 saturated heterocycles. The molecule has 1 amide bonds. The van der Waals surface area contributed by atoms with E-state index in [9.17, 15) is 14.7 Å². The minimum Gasteiger partial charge on any atom is -0.394 e. The van der Waals surface area contributed by atoms with E-state index < -0.39 is 5.54 Å². The number of aliphatic hydroxyl groups is 1. The van der Waals surface area contributed by atoms with Gasteiger partial charge in [0, 0.05) is 16.8 Å². The minimum absolute atomic E-state index is 0.0311. The van der Waals surface area contributed by atoms with Crippen molar-refractivity contribution in [1.29, 1.82) is 0 Å². The van der Waals surface area contributed by atoms with E-state index in [-0.39, 0.29) is 24.8 Å². The molecule has 5 heteroatoms. The van der Waals surface area contributed by atoms with Crippen molar-refractivity contribution in [2.75, 3.05) is 25.5 Å². The van der Waals surface area contributed by atoms with Crippen LogP contribution in [0.2, 0.25) is 0 Å². The van der Waals surface area contributed by atoms with Crippen molar-refractivity contribution in [3.05, 3.63) is 29.8 Å². The molecule has 2 N–H and O–H groups in total. The van der Waals surface area contributed by atoms with Crippen molar-refractivity contribution in [3.63, 3.8) is 0 Å². The molecule has 5 nitrogen and oxygen atoms in total. The van der Waals surface area contributed by atoms with Gasteiger partial charge >= 0.3 is 0 Å². The van der Waals surface area contributed by atoms with Crippen LogP contribution < -0.4 is 5.32 Å². The number of likely N-dealkylation sites (N-methyl/N-ethyl adjacent to an activating group) is 1. The predicted octanol–water partition coefficient (Wildman–Crippen LogP) is 1.53. The molecule has 1 rings (SSSR count). The molecule has 0 heterocycles. The van der Waals surface area contributed by atoms with Gasteiger partial charge in [0.1, 0.15) is 0 Å². The fraction of sp³-hybridized carbons (Fsp3) is 0.467. The topological polar surface area (TPSA) is 69.6 Å². The van der Waals surface area contributed by atoms with E-state index in [4.69, 9.17) is 0 Å². The smallest absolute Gasteiger partial charge is 0.238 e. The molecule has 20 heavy (non-hydrogen) atoms. The van der Waals surface area contributed by atoms with Crippen LogP contribution in [-0.2, 0) is 4.79 Å². The maximum Gasteiger partial charge on any atom is 0.238 e. The number of hydrogen-bond acceptors (Lipinski definition) is 4. The molecule has 0 atom stereocenters. The number of ketones is 1. The van der Waals surface area contributed by atoms with Crippen molar-refractivity contribution < 1.29 is 14.7 Å². The summed E-state index contributed by atoms with van der Waals surface area (Å²) in [6.07, 6.45) is 0. The zero-order valence-corrected chi connectivity index (χ0v) is 12.4. The number of aliphatic hydroxyl groups excluding tert-OH is 1. The van der Waals surface area contributed by atoms with Crippen LogP contribution in [0.3, 0.4) is 0 Å². The molecular weight excluding hydrogens is 256 g/mol. The van der Waals surface area contributed by atoms with E-state index >= 15 is 0 Å². The minimum atomic E-state index is -0.460. The number of benzene rings is 1. The summed E-state index contributed by atoms with van der Waals surface area (Å²) in [4.78, 5) is 25.0. The van der Waals surface area contributed by atoms with Crippen LogP contribution in [0, 0.1) is 0 Å². The molecule has 0 unspecified atom stereocenters. The summed E-state index contributed by atoms with van der Waals surface area (Å²) in [7, 11) is 1.78. The van der Waals surface area contributed by atoms with Crippen LogP contribution >= 0.6 is 0 Å². The third kappa shape index (κ3) is 4.43. The van der Waals surface area contributed by atoms with E-state index in [0.29, 0.717) is 11.3 Å². The Morgan fingerprint density at radius 3 is 2.55 bits per heavy atom. The van der Waals surface area contributed by atoms with Gasteiger partial charge in [-0.1, -0.05) is 12.1 Å². The van der Waals surface area contributed by atoms with Gasteiger partial charge in [-0.15, -0.1) is 0 Å². The van der Waals surface area contributed by atoms with E-state index in [0.717, 1.165) is 0 Å². The maximum atomic E-state index is 11.9. The summed E-state index contributed by atoms with van der Waals surface area (Å²) in [5.41, 5.74) is 0.697. The lowest BCUT2D eigenvalue weighted by molar-refractivity contribution is -0.118. The number of rotatable bonds is 6. The first-order valence-electron chi connectivity index (χ1n) is 6.49. The third-order valence-electron chi connectivity index (χ3n) is 3.35. The molecule has 0 radical (unpaired) electrons. The molecule has 0 aliphatic carbocycles. The van der Waals surface area contributed by atoms with Gasteiger partial charge in [0.05, 0.1) is 13.2 Å². The van der Waals surface area contributed by atoms with Gasteiger partial charge in [-0.3, -0.25) is 14.5 Å². The highest BCUT2D eigenvalue weighted by Gasteiger charge is 2.24. The Labute approximate surface area is 119 Å². The second-order valence-corrected chi connectivity index (χ2v) is 5.51. The van der Waals surface area contributed by atoms with Crippen LogP contribution in [0.25, 0.3) is 0 Å². The van der Waals surface area contributed by atoms with Crippen LogP contribution in [0.4, 0.5) is 5.69 Å². The van der Waals surface area contributed by atoms with Crippen LogP contribution in [0.15, 0.2) is 24.3 Å². The van der Waals surface area contributed by atoms with Crippen LogP contribution in [0.1, 0.15) is 31.1 Å². The molecule has 0 saturated carbocycles. The highest BCUT2D eigenvalue weighted by molar-refractivity contribution is 5.97. The van der Waals surface area contributed by atoms with Gasteiger partial charge in [0.15, 0.2) is 5.78 Å². The van der Waals surface area contributed by atoms with Crippen molar-refractivity contribution in [2.45, 2.75) is 26.3 Å². The Kier molecular flexibility index (Phi) is 5.42. The van der Waals surface area contributed by atoms with Gasteiger partial charge < -0.3 is 10.4 Å². The zero-order chi connectivity index (χ0) is 15.3. The lowest BCUT2D eigenvalue weighted by atomic mass is 10.1. The monoisotopic (exact) mass is 278 g/mol. The van der Waals surface area contributed by atoms with E-state index in [1.807, 2.05) is 13.8 Å². The molecule has 0 bridgehead atoms. The number of Topliss-reactive ketones (excluding diaryl/α,β-unsaturated/α-hetero) is 1. The summed E-state index contributed by atoms with van der Waals surface area (Å²) in [6.45, 7) is 5.33. The van der Waals surface area contributed by atoms with Gasteiger partial charge in [0.2, 0.25) is 5.91 Å². The SMILES string of the molecule is CC(=O)c1cccc(NC(=O)CN(C)C(C)(C)CO)c1. The quantitative estimate of drug-likeness (QED) is 0.774. The predicted molar refractivity (Wildman–Crippen MR) is 78.9 cm³/mol. The number of amides is 1. The molecule has 1 aromatic carbocycles. The Morgan fingerprint density at radius 2 is 2.00 bits per heavy atom. The normalized spacial score (nSPS) is 11.5. The molecular formula is C15H22N2O3. The number of hydrogen-bond donors (Lipinski definition) is 2. The molecule has 1 aromatic rings. The summed E-state index contributed by atoms with van der Waals surface area (Å²) < 4.78 is 0. The molecule has 110 valence electrons. The fourth-order valence-electron chi connectivity index (χ4n) is 1.57. The third-order valence-corrected chi connectivity index (χ3v) is 3.35. The van der Waals surface area contributed by atoms with Crippen molar-refractivity contribution in [2.24, 2.45) is 0 Å². The summed E-state index contributed by atoms with van der Waals surface area (Å²) >= 11 is 0. The molecule has 0 spiro atoms. The van der Waals surface area contributed by atoms with Crippen molar-refractivity contribution in [3.8, 4) is 0 Å². The lowest BCUT2D eigenvalue weighted by Crippen LogP contribution is -2.47.